The molecule has 2 aliphatic rings. The molecule has 0 amide bonds. The van der Waals surface area contributed by atoms with Crippen LogP contribution in [-0.4, -0.2) is 10.7 Å². The van der Waals surface area contributed by atoms with Crippen molar-refractivity contribution < 1.29 is 5.11 Å². The molecular formula is C15H26O. The summed E-state index contributed by atoms with van der Waals surface area (Å²) in [7, 11) is 0. The molecule has 0 bridgehead atoms. The fourth-order valence-corrected chi connectivity index (χ4v) is 3.95. The van der Waals surface area contributed by atoms with Gasteiger partial charge in [-0.05, 0) is 63.2 Å². The zero-order valence-electron chi connectivity index (χ0n) is 11.2. The molecule has 0 aliphatic heterocycles. The summed E-state index contributed by atoms with van der Waals surface area (Å²) in [5.41, 5.74) is 1.11. The van der Waals surface area contributed by atoms with E-state index in [1.165, 1.54) is 18.4 Å². The highest BCUT2D eigenvalue weighted by Crippen LogP contribution is 2.50. The van der Waals surface area contributed by atoms with Crippen molar-refractivity contribution in [3.63, 3.8) is 0 Å². The maximum atomic E-state index is 10.5. The van der Waals surface area contributed by atoms with E-state index in [0.717, 1.165) is 24.7 Å². The SMILES string of the molecule is CC1=CCC2C(C1)C(C(C)C)CC[C@@]2(C)O. The molecule has 1 heteroatoms. The summed E-state index contributed by atoms with van der Waals surface area (Å²) in [5.74, 6) is 2.79. The maximum Gasteiger partial charge on any atom is 0.0653 e. The molecule has 1 saturated carbocycles. The van der Waals surface area contributed by atoms with E-state index < -0.39 is 5.60 Å². The lowest BCUT2D eigenvalue weighted by atomic mass is 9.58. The van der Waals surface area contributed by atoms with E-state index in [-0.39, 0.29) is 0 Å². The van der Waals surface area contributed by atoms with Gasteiger partial charge in [0.1, 0.15) is 0 Å². The standard InChI is InChI=1S/C15H26O/c1-10(2)12-7-8-15(4,16)14-6-5-11(3)9-13(12)14/h5,10,12-14,16H,6-9H2,1-4H3/t12?,13?,14?,15-/m1/s1. The van der Waals surface area contributed by atoms with Gasteiger partial charge in [-0.3, -0.25) is 0 Å². The average Bonchev–Trinajstić information content (AvgIpc) is 2.16. The number of hydrogen-bond donors (Lipinski definition) is 1. The summed E-state index contributed by atoms with van der Waals surface area (Å²) < 4.78 is 0. The molecule has 0 saturated heterocycles. The van der Waals surface area contributed by atoms with Gasteiger partial charge in [0.2, 0.25) is 0 Å². The average molecular weight is 222 g/mol. The van der Waals surface area contributed by atoms with Crippen LogP contribution in [0.2, 0.25) is 0 Å². The van der Waals surface area contributed by atoms with Crippen molar-refractivity contribution in [1.82, 2.24) is 0 Å². The van der Waals surface area contributed by atoms with Gasteiger partial charge in [0.15, 0.2) is 0 Å². The highest BCUT2D eigenvalue weighted by atomic mass is 16.3. The molecule has 3 unspecified atom stereocenters. The molecule has 0 aromatic carbocycles. The first-order valence-corrected chi connectivity index (χ1v) is 6.80. The van der Waals surface area contributed by atoms with Gasteiger partial charge in [0.05, 0.1) is 5.60 Å². The van der Waals surface area contributed by atoms with Gasteiger partial charge in [0.25, 0.3) is 0 Å². The molecule has 92 valence electrons. The lowest BCUT2D eigenvalue weighted by molar-refractivity contribution is -0.0890. The van der Waals surface area contributed by atoms with E-state index >= 15 is 0 Å². The van der Waals surface area contributed by atoms with Crippen LogP contribution in [0.15, 0.2) is 11.6 Å². The highest BCUT2D eigenvalue weighted by molar-refractivity contribution is 5.11. The van der Waals surface area contributed by atoms with Crippen LogP contribution in [0.4, 0.5) is 0 Å². The van der Waals surface area contributed by atoms with Crippen molar-refractivity contribution in [2.45, 2.75) is 59.0 Å². The summed E-state index contributed by atoms with van der Waals surface area (Å²) in [6, 6.07) is 0. The predicted molar refractivity (Wildman–Crippen MR) is 68.2 cm³/mol. The molecule has 4 atom stereocenters. The van der Waals surface area contributed by atoms with E-state index in [1.54, 1.807) is 0 Å². The van der Waals surface area contributed by atoms with Crippen LogP contribution in [0.3, 0.4) is 0 Å². The van der Waals surface area contributed by atoms with E-state index in [1.807, 2.05) is 0 Å². The van der Waals surface area contributed by atoms with Crippen LogP contribution in [0, 0.1) is 23.7 Å². The third-order valence-corrected chi connectivity index (χ3v) is 4.98. The molecule has 0 spiro atoms. The molecule has 16 heavy (non-hydrogen) atoms. The van der Waals surface area contributed by atoms with E-state index in [2.05, 4.69) is 33.8 Å². The van der Waals surface area contributed by atoms with Crippen LogP contribution in [0.1, 0.15) is 53.4 Å². The van der Waals surface area contributed by atoms with Crippen molar-refractivity contribution in [3.8, 4) is 0 Å². The van der Waals surface area contributed by atoms with Gasteiger partial charge in [-0.1, -0.05) is 25.5 Å². The largest absolute Gasteiger partial charge is 0.390 e. The Balaban J connectivity index is 2.24. The van der Waals surface area contributed by atoms with Crippen molar-refractivity contribution in [1.29, 1.82) is 0 Å². The molecule has 0 aromatic rings. The van der Waals surface area contributed by atoms with Gasteiger partial charge in [-0.25, -0.2) is 0 Å². The van der Waals surface area contributed by atoms with Crippen LogP contribution >= 0.6 is 0 Å². The third kappa shape index (κ3) is 2.07. The summed E-state index contributed by atoms with van der Waals surface area (Å²) in [4.78, 5) is 0. The number of hydrogen-bond acceptors (Lipinski definition) is 1. The fraction of sp³-hybridized carbons (Fsp3) is 0.867. The Morgan fingerprint density at radius 3 is 2.75 bits per heavy atom. The van der Waals surface area contributed by atoms with Gasteiger partial charge >= 0.3 is 0 Å². The lowest BCUT2D eigenvalue weighted by Gasteiger charge is -2.50. The molecule has 2 rings (SSSR count). The van der Waals surface area contributed by atoms with Crippen LogP contribution in [0.25, 0.3) is 0 Å². The first kappa shape index (κ1) is 12.2. The Morgan fingerprint density at radius 2 is 2.12 bits per heavy atom. The second kappa shape index (κ2) is 4.18. The second-order valence-corrected chi connectivity index (χ2v) is 6.56. The molecule has 0 heterocycles. The Morgan fingerprint density at radius 1 is 1.44 bits per heavy atom. The second-order valence-electron chi connectivity index (χ2n) is 6.56. The lowest BCUT2D eigenvalue weighted by Crippen LogP contribution is -2.48. The van der Waals surface area contributed by atoms with E-state index in [4.69, 9.17) is 0 Å². The normalized spacial score (nSPS) is 44.1. The summed E-state index contributed by atoms with van der Waals surface area (Å²) in [6.45, 7) is 8.98. The first-order valence-electron chi connectivity index (χ1n) is 6.80. The summed E-state index contributed by atoms with van der Waals surface area (Å²) in [6.07, 6.45) is 6.84. The third-order valence-electron chi connectivity index (χ3n) is 4.98. The van der Waals surface area contributed by atoms with E-state index in [0.29, 0.717) is 11.8 Å². The quantitative estimate of drug-likeness (QED) is 0.669. The van der Waals surface area contributed by atoms with Crippen molar-refractivity contribution in [2.24, 2.45) is 23.7 Å². The number of allylic oxidation sites excluding steroid dienone is 2. The van der Waals surface area contributed by atoms with Crippen molar-refractivity contribution >= 4 is 0 Å². The zero-order valence-corrected chi connectivity index (χ0v) is 11.2. The minimum absolute atomic E-state index is 0.423. The molecule has 2 aliphatic carbocycles. The van der Waals surface area contributed by atoms with Gasteiger partial charge in [0, 0.05) is 0 Å². The van der Waals surface area contributed by atoms with Gasteiger partial charge in [-0.15, -0.1) is 0 Å². The fourth-order valence-electron chi connectivity index (χ4n) is 3.95. The smallest absolute Gasteiger partial charge is 0.0653 e. The summed E-state index contributed by atoms with van der Waals surface area (Å²) in [5, 5.41) is 10.5. The molecule has 1 nitrogen and oxygen atoms in total. The Bertz CT molecular complexity index is 288. The van der Waals surface area contributed by atoms with Crippen molar-refractivity contribution in [3.05, 3.63) is 11.6 Å². The van der Waals surface area contributed by atoms with Crippen LogP contribution in [0.5, 0.6) is 0 Å². The highest BCUT2D eigenvalue weighted by Gasteiger charge is 2.46. The van der Waals surface area contributed by atoms with Gasteiger partial charge in [-0.2, -0.15) is 0 Å². The maximum absolute atomic E-state index is 10.5. The minimum atomic E-state index is -0.423. The Hall–Kier alpha value is -0.300. The molecule has 0 radical (unpaired) electrons. The number of aliphatic hydroxyl groups is 1. The minimum Gasteiger partial charge on any atom is -0.390 e. The first-order chi connectivity index (χ1) is 7.42. The molecule has 1 fully saturated rings. The molecule has 1 N–H and O–H groups in total. The Kier molecular flexibility index (Phi) is 3.18. The van der Waals surface area contributed by atoms with Crippen molar-refractivity contribution in [2.75, 3.05) is 0 Å². The van der Waals surface area contributed by atoms with Crippen LogP contribution < -0.4 is 0 Å². The molecular weight excluding hydrogens is 196 g/mol. The summed E-state index contributed by atoms with van der Waals surface area (Å²) >= 11 is 0. The van der Waals surface area contributed by atoms with Crippen LogP contribution in [-0.2, 0) is 0 Å². The number of fused-ring (bicyclic) bond motifs is 1. The number of rotatable bonds is 1. The Labute approximate surface area is 99.9 Å². The predicted octanol–water partition coefficient (Wildman–Crippen LogP) is 3.78. The van der Waals surface area contributed by atoms with E-state index in [9.17, 15) is 5.11 Å². The molecule has 0 aromatic heterocycles. The monoisotopic (exact) mass is 222 g/mol. The zero-order chi connectivity index (χ0) is 11.9. The topological polar surface area (TPSA) is 20.2 Å². The van der Waals surface area contributed by atoms with Gasteiger partial charge < -0.3 is 5.11 Å².